The zero-order valence-electron chi connectivity index (χ0n) is 16.7. The molecule has 1 aromatic heterocycles. The van der Waals surface area contributed by atoms with E-state index in [1.807, 2.05) is 13.0 Å². The minimum Gasteiger partial charge on any atom is -0.359 e. The SMILES string of the molecule is CCNC(=NCc1cc(C(CC)CC)no1)NCCCNS(=O)(=O)CC.I. The van der Waals surface area contributed by atoms with Gasteiger partial charge in [0.25, 0.3) is 0 Å². The van der Waals surface area contributed by atoms with E-state index in [2.05, 4.69) is 39.4 Å². The molecule has 0 saturated carbocycles. The number of nitrogens with zero attached hydrogens (tertiary/aromatic N) is 2. The Morgan fingerprint density at radius 1 is 1.19 bits per heavy atom. The number of hydrogen-bond donors (Lipinski definition) is 3. The van der Waals surface area contributed by atoms with Crippen LogP contribution >= 0.6 is 24.0 Å². The second-order valence-electron chi connectivity index (χ2n) is 6.00. The molecule has 0 amide bonds. The average molecular weight is 515 g/mol. The second-order valence-corrected chi connectivity index (χ2v) is 8.10. The van der Waals surface area contributed by atoms with Crippen LogP contribution in [0.2, 0.25) is 0 Å². The van der Waals surface area contributed by atoms with Crippen LogP contribution in [0.25, 0.3) is 0 Å². The Morgan fingerprint density at radius 3 is 2.48 bits per heavy atom. The number of aliphatic imine (C=N–C) groups is 1. The first-order valence-corrected chi connectivity index (χ1v) is 11.1. The maximum atomic E-state index is 11.4. The van der Waals surface area contributed by atoms with Crippen LogP contribution in [0.1, 0.15) is 64.3 Å². The summed E-state index contributed by atoms with van der Waals surface area (Å²) in [5, 5.41) is 10.5. The van der Waals surface area contributed by atoms with Crippen LogP contribution in [0.15, 0.2) is 15.6 Å². The van der Waals surface area contributed by atoms with Gasteiger partial charge in [0.05, 0.1) is 11.4 Å². The molecule has 8 nitrogen and oxygen atoms in total. The van der Waals surface area contributed by atoms with Crippen molar-refractivity contribution in [2.45, 2.75) is 59.4 Å². The number of sulfonamides is 1. The van der Waals surface area contributed by atoms with Crippen LogP contribution in [0.3, 0.4) is 0 Å². The normalized spacial score (nSPS) is 12.1. The van der Waals surface area contributed by atoms with Crippen molar-refractivity contribution in [3.05, 3.63) is 17.5 Å². The summed E-state index contributed by atoms with van der Waals surface area (Å²) in [5.74, 6) is 1.93. The Morgan fingerprint density at radius 2 is 1.89 bits per heavy atom. The second kappa shape index (κ2) is 14.2. The zero-order valence-corrected chi connectivity index (χ0v) is 19.9. The van der Waals surface area contributed by atoms with Crippen LogP contribution in [0.5, 0.6) is 0 Å². The number of guanidine groups is 1. The fraction of sp³-hybridized carbons (Fsp3) is 0.765. The van der Waals surface area contributed by atoms with E-state index < -0.39 is 10.0 Å². The number of hydrogen-bond acceptors (Lipinski definition) is 5. The molecule has 27 heavy (non-hydrogen) atoms. The Hall–Kier alpha value is -0.880. The highest BCUT2D eigenvalue weighted by molar-refractivity contribution is 14.0. The van der Waals surface area contributed by atoms with Gasteiger partial charge in [0.15, 0.2) is 11.7 Å². The van der Waals surface area contributed by atoms with Crippen molar-refractivity contribution in [3.63, 3.8) is 0 Å². The van der Waals surface area contributed by atoms with E-state index in [1.54, 1.807) is 6.92 Å². The molecule has 0 spiro atoms. The van der Waals surface area contributed by atoms with Gasteiger partial charge >= 0.3 is 0 Å². The van der Waals surface area contributed by atoms with Crippen molar-refractivity contribution in [3.8, 4) is 0 Å². The molecule has 1 aromatic rings. The van der Waals surface area contributed by atoms with E-state index in [0.717, 1.165) is 30.8 Å². The quantitative estimate of drug-likeness (QED) is 0.171. The first-order chi connectivity index (χ1) is 12.5. The maximum Gasteiger partial charge on any atom is 0.211 e. The zero-order chi connectivity index (χ0) is 19.4. The van der Waals surface area contributed by atoms with Crippen molar-refractivity contribution in [2.24, 2.45) is 4.99 Å². The third-order valence-corrected chi connectivity index (χ3v) is 5.47. The number of rotatable bonds is 12. The van der Waals surface area contributed by atoms with E-state index in [1.165, 1.54) is 0 Å². The third-order valence-electron chi connectivity index (χ3n) is 4.07. The summed E-state index contributed by atoms with van der Waals surface area (Å²) >= 11 is 0. The molecule has 0 radical (unpaired) electrons. The van der Waals surface area contributed by atoms with Gasteiger partial charge in [-0.05, 0) is 33.1 Å². The van der Waals surface area contributed by atoms with Gasteiger partial charge in [-0.2, -0.15) is 0 Å². The lowest BCUT2D eigenvalue weighted by Crippen LogP contribution is -2.38. The van der Waals surface area contributed by atoms with Gasteiger partial charge in [0, 0.05) is 31.6 Å². The molecule has 0 saturated heterocycles. The molecule has 0 unspecified atom stereocenters. The first kappa shape index (κ1) is 26.1. The Bertz CT molecular complexity index is 645. The predicted octanol–water partition coefficient (Wildman–Crippen LogP) is 2.58. The molecular weight excluding hydrogens is 481 g/mol. The average Bonchev–Trinajstić information content (AvgIpc) is 3.09. The largest absolute Gasteiger partial charge is 0.359 e. The minimum atomic E-state index is -3.13. The molecule has 10 heteroatoms. The smallest absolute Gasteiger partial charge is 0.211 e. The summed E-state index contributed by atoms with van der Waals surface area (Å²) in [6, 6.07) is 1.98. The maximum absolute atomic E-state index is 11.4. The highest BCUT2D eigenvalue weighted by Gasteiger charge is 2.12. The molecule has 1 heterocycles. The van der Waals surface area contributed by atoms with Gasteiger partial charge in [-0.15, -0.1) is 24.0 Å². The topological polar surface area (TPSA) is 109 Å². The van der Waals surface area contributed by atoms with Gasteiger partial charge in [0.1, 0.15) is 6.54 Å². The molecule has 158 valence electrons. The van der Waals surface area contributed by atoms with E-state index in [-0.39, 0.29) is 29.7 Å². The summed E-state index contributed by atoms with van der Waals surface area (Å²) in [5.41, 5.74) is 0.987. The predicted molar refractivity (Wildman–Crippen MR) is 120 cm³/mol. The summed E-state index contributed by atoms with van der Waals surface area (Å²) in [7, 11) is -3.13. The van der Waals surface area contributed by atoms with Gasteiger partial charge in [0.2, 0.25) is 10.0 Å². The lowest BCUT2D eigenvalue weighted by Gasteiger charge is -2.11. The molecule has 0 aliphatic carbocycles. The molecule has 0 fully saturated rings. The van der Waals surface area contributed by atoms with Crippen molar-refractivity contribution in [1.29, 1.82) is 0 Å². The van der Waals surface area contributed by atoms with E-state index >= 15 is 0 Å². The van der Waals surface area contributed by atoms with Gasteiger partial charge < -0.3 is 15.2 Å². The summed E-state index contributed by atoms with van der Waals surface area (Å²) in [6.45, 7) is 10.1. The molecule has 0 atom stereocenters. The molecule has 0 aliphatic heterocycles. The highest BCUT2D eigenvalue weighted by Crippen LogP contribution is 2.22. The van der Waals surface area contributed by atoms with Crippen molar-refractivity contribution >= 4 is 40.0 Å². The lowest BCUT2D eigenvalue weighted by molar-refractivity contribution is 0.372. The summed E-state index contributed by atoms with van der Waals surface area (Å²) in [4.78, 5) is 4.49. The third kappa shape index (κ3) is 10.3. The van der Waals surface area contributed by atoms with Gasteiger partial charge in [-0.25, -0.2) is 18.1 Å². The molecule has 1 rings (SSSR count). The highest BCUT2D eigenvalue weighted by atomic mass is 127. The standard InChI is InChI=1S/C17H33N5O3S.HI/c1-5-14(6-2)16-12-15(25-22-16)13-20-17(18-7-3)19-10-9-11-21-26(23,24)8-4;/h12,14,21H,5-11,13H2,1-4H3,(H2,18,19,20);1H. The first-order valence-electron chi connectivity index (χ1n) is 9.40. The van der Waals surface area contributed by atoms with Crippen LogP contribution in [-0.2, 0) is 16.6 Å². The van der Waals surface area contributed by atoms with Crippen molar-refractivity contribution in [2.75, 3.05) is 25.4 Å². The summed E-state index contributed by atoms with van der Waals surface area (Å²) in [6.07, 6.45) is 2.75. The Labute approximate surface area is 180 Å². The van der Waals surface area contributed by atoms with E-state index in [0.29, 0.717) is 37.9 Å². The minimum absolute atomic E-state index is 0. The molecule has 0 bridgehead atoms. The molecule has 0 aliphatic rings. The molecular formula is C17H34IN5O3S. The Balaban J connectivity index is 0.00000676. The van der Waals surface area contributed by atoms with Crippen LogP contribution in [0.4, 0.5) is 0 Å². The fourth-order valence-corrected chi connectivity index (χ4v) is 3.09. The van der Waals surface area contributed by atoms with Crippen molar-refractivity contribution < 1.29 is 12.9 Å². The number of nitrogens with one attached hydrogen (secondary N) is 3. The number of aromatic nitrogens is 1. The van der Waals surface area contributed by atoms with Gasteiger partial charge in [-0.3, -0.25) is 0 Å². The fourth-order valence-electron chi connectivity index (χ4n) is 2.43. The molecule has 0 aromatic carbocycles. The van der Waals surface area contributed by atoms with E-state index in [4.69, 9.17) is 4.52 Å². The van der Waals surface area contributed by atoms with Crippen LogP contribution in [0, 0.1) is 0 Å². The van der Waals surface area contributed by atoms with Crippen molar-refractivity contribution in [1.82, 2.24) is 20.5 Å². The monoisotopic (exact) mass is 515 g/mol. The summed E-state index contributed by atoms with van der Waals surface area (Å²) < 4.78 is 30.7. The number of halogens is 1. The lowest BCUT2D eigenvalue weighted by atomic mass is 9.99. The van der Waals surface area contributed by atoms with Crippen LogP contribution < -0.4 is 15.4 Å². The molecule has 3 N–H and O–H groups in total. The Kier molecular flexibility index (Phi) is 13.7. The van der Waals surface area contributed by atoms with E-state index in [9.17, 15) is 8.42 Å². The van der Waals surface area contributed by atoms with Crippen LogP contribution in [-0.4, -0.2) is 44.9 Å². The van der Waals surface area contributed by atoms with Gasteiger partial charge in [-0.1, -0.05) is 19.0 Å².